The van der Waals surface area contributed by atoms with Gasteiger partial charge in [0.15, 0.2) is 0 Å². The predicted molar refractivity (Wildman–Crippen MR) is 295 cm³/mol. The number of hydrogen-bond acceptors (Lipinski definition) is 5. The number of aliphatic hydroxyl groups excluding tert-OH is 1. The third-order valence-electron chi connectivity index (χ3n) is 14.0. The molecule has 0 aliphatic rings. The molecule has 0 aromatic rings. The fourth-order valence-electron chi connectivity index (χ4n) is 9.28. The molecule has 0 rings (SSSR count). The maximum absolute atomic E-state index is 13.0. The van der Waals surface area contributed by atoms with Crippen LogP contribution in [0.25, 0.3) is 0 Å². The van der Waals surface area contributed by atoms with Crippen molar-refractivity contribution >= 4 is 13.7 Å². The van der Waals surface area contributed by atoms with Gasteiger partial charge in [-0.2, -0.15) is 0 Å². The Labute approximate surface area is 424 Å². The van der Waals surface area contributed by atoms with Crippen LogP contribution in [0.1, 0.15) is 309 Å². The van der Waals surface area contributed by atoms with Gasteiger partial charge in [-0.05, 0) is 19.3 Å². The minimum atomic E-state index is -4.34. The first kappa shape index (κ1) is 67.2. The number of rotatable bonds is 56. The van der Waals surface area contributed by atoms with Gasteiger partial charge in [0.2, 0.25) is 5.91 Å². The van der Waals surface area contributed by atoms with Gasteiger partial charge in [0.1, 0.15) is 13.2 Å². The molecule has 0 aromatic carbocycles. The number of allylic oxidation sites excluding steroid dienone is 1. The first-order chi connectivity index (χ1) is 33.0. The molecule has 8 nitrogen and oxygen atoms in total. The third-order valence-corrected chi connectivity index (χ3v) is 15.0. The normalized spacial score (nSPS) is 13.9. The molecule has 9 heteroatoms. The Morgan fingerprint density at radius 2 is 0.779 bits per heavy atom. The second kappa shape index (κ2) is 51.2. The molecule has 0 aliphatic carbocycles. The number of phosphoric ester groups is 1. The Balaban J connectivity index is 4.15. The van der Waals surface area contributed by atoms with Gasteiger partial charge >= 0.3 is 7.82 Å². The molecular formula is C59H120N2O6P+. The van der Waals surface area contributed by atoms with Crippen LogP contribution in [-0.4, -0.2) is 73.4 Å². The lowest BCUT2D eigenvalue weighted by Crippen LogP contribution is -2.45. The van der Waals surface area contributed by atoms with Crippen LogP contribution in [0.2, 0.25) is 0 Å². The highest BCUT2D eigenvalue weighted by Gasteiger charge is 2.27. The second-order valence-corrected chi connectivity index (χ2v) is 23.5. The second-order valence-electron chi connectivity index (χ2n) is 22.1. The molecule has 0 bridgehead atoms. The van der Waals surface area contributed by atoms with Gasteiger partial charge in [0.25, 0.3) is 0 Å². The van der Waals surface area contributed by atoms with Crippen molar-refractivity contribution in [2.24, 2.45) is 0 Å². The van der Waals surface area contributed by atoms with E-state index in [0.29, 0.717) is 17.4 Å². The molecule has 68 heavy (non-hydrogen) atoms. The quantitative estimate of drug-likeness (QED) is 0.0243. The summed E-state index contributed by atoms with van der Waals surface area (Å²) < 4.78 is 23.7. The van der Waals surface area contributed by atoms with Gasteiger partial charge < -0.3 is 19.8 Å². The first-order valence-electron chi connectivity index (χ1n) is 30.1. The standard InChI is InChI=1S/C59H119N2O6P/c1-6-8-10-12-14-16-18-20-22-24-26-28-30-31-33-35-37-39-41-43-45-47-49-51-53-59(63)60-57(56-67-68(64,65)66-55-54-61(3,4)5)58(62)52-50-48-46-44-42-40-38-36-34-32-29-27-25-23-21-19-17-15-13-11-9-7-2/h50,52,57-58,62H,6-49,51,53-56H2,1-5H3,(H-,60,63,64,65)/p+1/b52-50+. The van der Waals surface area contributed by atoms with E-state index >= 15 is 0 Å². The van der Waals surface area contributed by atoms with Crippen LogP contribution in [0.5, 0.6) is 0 Å². The lowest BCUT2D eigenvalue weighted by Gasteiger charge is -2.25. The number of phosphoric acid groups is 1. The Morgan fingerprint density at radius 3 is 1.09 bits per heavy atom. The monoisotopic (exact) mass is 984 g/mol. The molecule has 0 saturated heterocycles. The number of quaternary nitrogens is 1. The number of likely N-dealkylation sites (N-methyl/N-ethyl adjacent to an activating group) is 1. The van der Waals surface area contributed by atoms with E-state index < -0.39 is 20.0 Å². The van der Waals surface area contributed by atoms with E-state index in [1.165, 1.54) is 257 Å². The van der Waals surface area contributed by atoms with E-state index in [-0.39, 0.29) is 19.1 Å². The third kappa shape index (κ3) is 53.0. The van der Waals surface area contributed by atoms with Crippen molar-refractivity contribution in [3.05, 3.63) is 12.2 Å². The molecule has 406 valence electrons. The highest BCUT2D eigenvalue weighted by Crippen LogP contribution is 2.43. The fraction of sp³-hybridized carbons (Fsp3) is 0.949. The minimum Gasteiger partial charge on any atom is -0.387 e. The van der Waals surface area contributed by atoms with Gasteiger partial charge in [0, 0.05) is 6.42 Å². The van der Waals surface area contributed by atoms with Crippen molar-refractivity contribution < 1.29 is 32.9 Å². The van der Waals surface area contributed by atoms with Gasteiger partial charge in [0.05, 0.1) is 39.9 Å². The van der Waals surface area contributed by atoms with Crippen molar-refractivity contribution in [1.82, 2.24) is 5.32 Å². The van der Waals surface area contributed by atoms with Crippen molar-refractivity contribution in [2.45, 2.75) is 321 Å². The first-order valence-corrected chi connectivity index (χ1v) is 31.6. The Morgan fingerprint density at radius 1 is 0.485 bits per heavy atom. The van der Waals surface area contributed by atoms with Crippen molar-refractivity contribution in [1.29, 1.82) is 0 Å². The number of nitrogens with one attached hydrogen (secondary N) is 1. The smallest absolute Gasteiger partial charge is 0.387 e. The zero-order valence-corrected chi connectivity index (χ0v) is 47.3. The van der Waals surface area contributed by atoms with E-state index in [0.717, 1.165) is 32.1 Å². The minimum absolute atomic E-state index is 0.0653. The fourth-order valence-corrected chi connectivity index (χ4v) is 10.0. The number of amides is 1. The van der Waals surface area contributed by atoms with Gasteiger partial charge in [-0.15, -0.1) is 0 Å². The number of nitrogens with zero attached hydrogens (tertiary/aromatic N) is 1. The van der Waals surface area contributed by atoms with Crippen molar-refractivity contribution in [3.8, 4) is 0 Å². The molecule has 3 atom stereocenters. The molecule has 3 N–H and O–H groups in total. The van der Waals surface area contributed by atoms with Gasteiger partial charge in [-0.3, -0.25) is 13.8 Å². The van der Waals surface area contributed by atoms with Crippen LogP contribution in [-0.2, 0) is 18.4 Å². The SMILES string of the molecule is CCCCCCCCCCCCCCCCCCCCCC/C=C/C(O)C(COP(=O)(O)OCC[N+](C)(C)C)NC(=O)CCCCCCCCCCCCCCCCCCCCCCCCCC. The predicted octanol–water partition coefficient (Wildman–Crippen LogP) is 18.2. The lowest BCUT2D eigenvalue weighted by molar-refractivity contribution is -0.870. The van der Waals surface area contributed by atoms with E-state index in [1.54, 1.807) is 6.08 Å². The van der Waals surface area contributed by atoms with E-state index in [2.05, 4.69) is 19.2 Å². The number of carbonyl (C=O) groups excluding carboxylic acids is 1. The highest BCUT2D eigenvalue weighted by molar-refractivity contribution is 7.47. The Bertz CT molecular complexity index is 1120. The summed E-state index contributed by atoms with van der Waals surface area (Å²) in [5.74, 6) is -0.169. The summed E-state index contributed by atoms with van der Waals surface area (Å²) in [6, 6.07) is -0.842. The topological polar surface area (TPSA) is 105 Å². The molecular weight excluding hydrogens is 864 g/mol. The maximum Gasteiger partial charge on any atom is 0.472 e. The zero-order valence-electron chi connectivity index (χ0n) is 46.4. The number of hydrogen-bond donors (Lipinski definition) is 3. The zero-order chi connectivity index (χ0) is 49.9. The summed E-state index contributed by atoms with van der Waals surface area (Å²) in [6.07, 6.45) is 63.2. The summed E-state index contributed by atoms with van der Waals surface area (Å²) >= 11 is 0. The molecule has 0 heterocycles. The van der Waals surface area contributed by atoms with E-state index in [9.17, 15) is 19.4 Å². The van der Waals surface area contributed by atoms with Crippen LogP contribution in [0.3, 0.4) is 0 Å². The van der Waals surface area contributed by atoms with Crippen molar-refractivity contribution in [2.75, 3.05) is 40.9 Å². The van der Waals surface area contributed by atoms with Crippen LogP contribution >= 0.6 is 7.82 Å². The molecule has 1 amide bonds. The average Bonchev–Trinajstić information content (AvgIpc) is 3.30. The van der Waals surface area contributed by atoms with Crippen molar-refractivity contribution in [3.63, 3.8) is 0 Å². The molecule has 0 aromatic heterocycles. The largest absolute Gasteiger partial charge is 0.472 e. The van der Waals surface area contributed by atoms with Crippen LogP contribution in [0, 0.1) is 0 Å². The van der Waals surface area contributed by atoms with E-state index in [1.807, 2.05) is 27.2 Å². The number of carbonyl (C=O) groups is 1. The lowest BCUT2D eigenvalue weighted by atomic mass is 10.0. The highest BCUT2D eigenvalue weighted by atomic mass is 31.2. The summed E-state index contributed by atoms with van der Waals surface area (Å²) in [4.78, 5) is 23.3. The van der Waals surface area contributed by atoms with Gasteiger partial charge in [-0.1, -0.05) is 296 Å². The average molecular weight is 985 g/mol. The number of aliphatic hydroxyl groups is 1. The summed E-state index contributed by atoms with van der Waals surface area (Å²) in [5.41, 5.74) is 0. The molecule has 0 fully saturated rings. The van der Waals surface area contributed by atoms with Crippen LogP contribution in [0.15, 0.2) is 12.2 Å². The summed E-state index contributed by atoms with van der Waals surface area (Å²) in [6.45, 7) is 4.87. The molecule has 0 aliphatic heterocycles. The summed E-state index contributed by atoms with van der Waals surface area (Å²) in [7, 11) is 1.59. The Hall–Kier alpha value is -0.760. The van der Waals surface area contributed by atoms with Crippen LogP contribution in [0.4, 0.5) is 0 Å². The number of unbranched alkanes of at least 4 members (excludes halogenated alkanes) is 43. The molecule has 0 spiro atoms. The maximum atomic E-state index is 13.0. The van der Waals surface area contributed by atoms with Crippen LogP contribution < -0.4 is 5.32 Å². The Kier molecular flexibility index (Phi) is 50.6. The molecule has 0 radical (unpaired) electrons. The molecule has 3 unspecified atom stereocenters. The van der Waals surface area contributed by atoms with E-state index in [4.69, 9.17) is 9.05 Å². The summed E-state index contributed by atoms with van der Waals surface area (Å²) in [5, 5.41) is 14.0. The van der Waals surface area contributed by atoms with Gasteiger partial charge in [-0.25, -0.2) is 4.57 Å². The molecule has 0 saturated carbocycles.